The van der Waals surface area contributed by atoms with E-state index in [2.05, 4.69) is 0 Å². The Kier molecular flexibility index (Phi) is 3.03. The van der Waals surface area contributed by atoms with Crippen LogP contribution in [0.3, 0.4) is 0 Å². The van der Waals surface area contributed by atoms with Crippen molar-refractivity contribution in [1.29, 1.82) is 0 Å². The zero-order valence-electron chi connectivity index (χ0n) is 8.44. The van der Waals surface area contributed by atoms with Crippen molar-refractivity contribution in [3.05, 3.63) is 23.7 Å². The van der Waals surface area contributed by atoms with Gasteiger partial charge in [-0.2, -0.15) is 0 Å². The molecule has 0 atom stereocenters. The first-order valence-electron chi connectivity index (χ1n) is 5.05. The van der Waals surface area contributed by atoms with Gasteiger partial charge in [0.1, 0.15) is 5.76 Å². The Hall–Kier alpha value is -1.33. The van der Waals surface area contributed by atoms with Gasteiger partial charge in [-0.15, -0.1) is 0 Å². The molecule has 5 heteroatoms. The number of nitrogens with zero attached hydrogens (tertiary/aromatic N) is 1. The maximum Gasteiger partial charge on any atom is 0.313 e. The van der Waals surface area contributed by atoms with Gasteiger partial charge in [0.2, 0.25) is 0 Å². The number of rotatable bonds is 2. The molecule has 15 heavy (non-hydrogen) atoms. The molecular formula is C10H14N2O3. The fraction of sp³-hybridized carbons (Fsp3) is 0.500. The molecule has 2 rings (SSSR count). The Morgan fingerprint density at radius 1 is 1.47 bits per heavy atom. The van der Waals surface area contributed by atoms with Gasteiger partial charge < -0.3 is 10.2 Å². The number of hydrogen-bond donors (Lipinski definition) is 1. The first kappa shape index (κ1) is 10.2. The summed E-state index contributed by atoms with van der Waals surface area (Å²) < 4.78 is 5.25. The van der Waals surface area contributed by atoms with Crippen LogP contribution in [0.5, 0.6) is 0 Å². The highest BCUT2D eigenvalue weighted by Crippen LogP contribution is 2.13. The molecule has 1 amide bonds. The maximum atomic E-state index is 11.8. The van der Waals surface area contributed by atoms with Crippen LogP contribution in [-0.4, -0.2) is 24.1 Å². The Morgan fingerprint density at radius 2 is 2.33 bits per heavy atom. The van der Waals surface area contributed by atoms with E-state index in [1.807, 2.05) is 0 Å². The van der Waals surface area contributed by atoms with Crippen molar-refractivity contribution in [2.24, 2.45) is 5.73 Å². The molecule has 0 radical (unpaired) electrons. The van der Waals surface area contributed by atoms with Crippen LogP contribution in [0.1, 0.15) is 29.2 Å². The largest absolute Gasteiger partial charge is 0.454 e. The van der Waals surface area contributed by atoms with Crippen LogP contribution in [0, 0.1) is 0 Å². The van der Waals surface area contributed by atoms with Crippen LogP contribution < -0.4 is 5.73 Å². The molecule has 1 aliphatic heterocycles. The Balaban J connectivity index is 2.05. The molecule has 1 aromatic rings. The average molecular weight is 210 g/mol. The summed E-state index contributed by atoms with van der Waals surface area (Å²) >= 11 is 0. The Morgan fingerprint density at radius 3 is 2.93 bits per heavy atom. The summed E-state index contributed by atoms with van der Waals surface area (Å²) in [5.74, 6) is 0.669. The van der Waals surface area contributed by atoms with Gasteiger partial charge in [-0.25, -0.2) is 5.06 Å². The topological polar surface area (TPSA) is 68.7 Å². The number of furan rings is 1. The van der Waals surface area contributed by atoms with E-state index in [-0.39, 0.29) is 11.7 Å². The minimum Gasteiger partial charge on any atom is -0.454 e. The highest BCUT2D eigenvalue weighted by molar-refractivity contribution is 5.90. The van der Waals surface area contributed by atoms with E-state index >= 15 is 0 Å². The van der Waals surface area contributed by atoms with Crippen molar-refractivity contribution < 1.29 is 14.0 Å². The summed E-state index contributed by atoms with van der Waals surface area (Å²) in [4.78, 5) is 17.0. The predicted molar refractivity (Wildman–Crippen MR) is 52.8 cm³/mol. The van der Waals surface area contributed by atoms with E-state index in [1.165, 1.54) is 5.06 Å². The quantitative estimate of drug-likeness (QED) is 0.787. The molecule has 2 N–H and O–H groups in total. The van der Waals surface area contributed by atoms with E-state index in [4.69, 9.17) is 15.0 Å². The molecular weight excluding hydrogens is 196 g/mol. The molecule has 0 unspecified atom stereocenters. The van der Waals surface area contributed by atoms with Crippen LogP contribution in [-0.2, 0) is 11.4 Å². The second-order valence-electron chi connectivity index (χ2n) is 3.42. The van der Waals surface area contributed by atoms with Crippen LogP contribution in [0.15, 0.2) is 16.5 Å². The van der Waals surface area contributed by atoms with E-state index in [1.54, 1.807) is 12.1 Å². The fourth-order valence-electron chi connectivity index (χ4n) is 1.48. The number of carbonyl (C=O) groups excluding carboxylic acids is 1. The Bertz CT molecular complexity index is 342. The van der Waals surface area contributed by atoms with Gasteiger partial charge in [-0.05, 0) is 25.0 Å². The average Bonchev–Trinajstić information content (AvgIpc) is 2.78. The van der Waals surface area contributed by atoms with Crippen molar-refractivity contribution in [3.63, 3.8) is 0 Å². The summed E-state index contributed by atoms with van der Waals surface area (Å²) in [6.07, 6.45) is 1.96. The number of carbonyl (C=O) groups is 1. The third-order valence-corrected chi connectivity index (χ3v) is 2.30. The summed E-state index contributed by atoms with van der Waals surface area (Å²) in [5, 5.41) is 1.35. The summed E-state index contributed by atoms with van der Waals surface area (Å²) in [7, 11) is 0. The van der Waals surface area contributed by atoms with Crippen LogP contribution in [0.4, 0.5) is 0 Å². The monoisotopic (exact) mass is 210 g/mol. The lowest BCUT2D eigenvalue weighted by Crippen LogP contribution is -2.35. The molecule has 1 saturated heterocycles. The third kappa shape index (κ3) is 2.19. The van der Waals surface area contributed by atoms with Crippen molar-refractivity contribution in [3.8, 4) is 0 Å². The predicted octanol–water partition coefficient (Wildman–Crippen LogP) is 0.906. The molecule has 2 heterocycles. The second-order valence-corrected chi connectivity index (χ2v) is 3.42. The summed E-state index contributed by atoms with van der Waals surface area (Å²) in [5.41, 5.74) is 5.39. The van der Waals surface area contributed by atoms with Crippen LogP contribution in [0.2, 0.25) is 0 Å². The maximum absolute atomic E-state index is 11.8. The van der Waals surface area contributed by atoms with E-state index in [9.17, 15) is 4.79 Å². The van der Waals surface area contributed by atoms with Crippen LogP contribution in [0.25, 0.3) is 0 Å². The zero-order valence-corrected chi connectivity index (χ0v) is 8.44. The van der Waals surface area contributed by atoms with E-state index < -0.39 is 0 Å². The normalized spacial score (nSPS) is 16.7. The minimum atomic E-state index is -0.227. The summed E-state index contributed by atoms with van der Waals surface area (Å²) in [6, 6.07) is 3.33. The molecule has 0 saturated carbocycles. The van der Waals surface area contributed by atoms with Gasteiger partial charge in [0, 0.05) is 6.54 Å². The van der Waals surface area contributed by atoms with Gasteiger partial charge in [-0.3, -0.25) is 9.63 Å². The van der Waals surface area contributed by atoms with Gasteiger partial charge >= 0.3 is 5.91 Å². The molecule has 0 bridgehead atoms. The summed E-state index contributed by atoms with van der Waals surface area (Å²) in [6.45, 7) is 1.52. The first-order valence-corrected chi connectivity index (χ1v) is 5.05. The molecule has 1 aliphatic rings. The van der Waals surface area contributed by atoms with Crippen molar-refractivity contribution >= 4 is 5.91 Å². The van der Waals surface area contributed by atoms with E-state index in [0.29, 0.717) is 25.5 Å². The second kappa shape index (κ2) is 4.46. The first-order chi connectivity index (χ1) is 7.31. The van der Waals surface area contributed by atoms with Gasteiger partial charge in [0.25, 0.3) is 0 Å². The SMILES string of the molecule is NCc1ccc(C(=O)N2CCCCO2)o1. The fourth-order valence-corrected chi connectivity index (χ4v) is 1.48. The molecule has 0 aliphatic carbocycles. The number of hydrogen-bond acceptors (Lipinski definition) is 4. The zero-order chi connectivity index (χ0) is 10.7. The third-order valence-electron chi connectivity index (χ3n) is 2.30. The number of amides is 1. The van der Waals surface area contributed by atoms with Gasteiger partial charge in [0.15, 0.2) is 5.76 Å². The molecule has 5 nitrogen and oxygen atoms in total. The minimum absolute atomic E-state index is 0.227. The number of hydroxylamine groups is 2. The van der Waals surface area contributed by atoms with Crippen molar-refractivity contribution in [2.45, 2.75) is 19.4 Å². The lowest BCUT2D eigenvalue weighted by Gasteiger charge is -2.24. The molecule has 82 valence electrons. The molecule has 0 spiro atoms. The molecule has 1 aromatic heterocycles. The lowest BCUT2D eigenvalue weighted by molar-refractivity contribution is -0.145. The van der Waals surface area contributed by atoms with Gasteiger partial charge in [0.05, 0.1) is 13.2 Å². The van der Waals surface area contributed by atoms with Gasteiger partial charge in [-0.1, -0.05) is 0 Å². The highest BCUT2D eigenvalue weighted by atomic mass is 16.7. The molecule has 1 fully saturated rings. The smallest absolute Gasteiger partial charge is 0.313 e. The Labute approximate surface area is 87.7 Å². The van der Waals surface area contributed by atoms with E-state index in [0.717, 1.165) is 12.8 Å². The standard InChI is InChI=1S/C10H14N2O3/c11-7-8-3-4-9(15-8)10(13)12-5-1-2-6-14-12/h3-4H,1-2,5-7,11H2. The van der Waals surface area contributed by atoms with Crippen molar-refractivity contribution in [2.75, 3.05) is 13.2 Å². The molecule has 0 aromatic carbocycles. The van der Waals surface area contributed by atoms with Crippen LogP contribution >= 0.6 is 0 Å². The van der Waals surface area contributed by atoms with Crippen molar-refractivity contribution in [1.82, 2.24) is 5.06 Å². The highest BCUT2D eigenvalue weighted by Gasteiger charge is 2.21. The lowest BCUT2D eigenvalue weighted by atomic mass is 10.3. The number of nitrogens with two attached hydrogens (primary N) is 1.